The van der Waals surface area contributed by atoms with Crippen LogP contribution in [0.1, 0.15) is 17.9 Å². The summed E-state index contributed by atoms with van der Waals surface area (Å²) in [5, 5.41) is 26.5. The summed E-state index contributed by atoms with van der Waals surface area (Å²) in [5.74, 6) is -1.25. The zero-order chi connectivity index (χ0) is 28.0. The van der Waals surface area contributed by atoms with Crippen LogP contribution in [-0.2, 0) is 9.59 Å². The molecule has 1 saturated heterocycles. The molecule has 1 aromatic heterocycles. The summed E-state index contributed by atoms with van der Waals surface area (Å²) in [4.78, 5) is 34.4. The van der Waals surface area contributed by atoms with Crippen molar-refractivity contribution in [3.05, 3.63) is 69.4 Å². The number of ether oxygens (including phenoxy) is 2. The van der Waals surface area contributed by atoms with Crippen LogP contribution in [0.2, 0.25) is 5.02 Å². The van der Waals surface area contributed by atoms with Crippen molar-refractivity contribution < 1.29 is 38.8 Å². The van der Waals surface area contributed by atoms with Gasteiger partial charge in [-0.1, -0.05) is 23.7 Å². The molecule has 0 aliphatic carbocycles. The summed E-state index contributed by atoms with van der Waals surface area (Å²) in [6.45, 7) is 0.813. The number of fused-ring (bicyclic) bond motifs is 1. The third kappa shape index (κ3) is 6.16. The highest BCUT2D eigenvalue weighted by Gasteiger charge is 2.37. The summed E-state index contributed by atoms with van der Waals surface area (Å²) in [5.41, 5.74) is 1.59. The number of halogens is 1. The number of rotatable bonds is 7. The Balaban J connectivity index is 0.000000436. The molecule has 2 atom stereocenters. The highest BCUT2D eigenvalue weighted by atomic mass is 35.5. The van der Waals surface area contributed by atoms with Crippen LogP contribution in [0.4, 0.5) is 0 Å². The second kappa shape index (κ2) is 12.6. The predicted octanol–water partition coefficient (Wildman–Crippen LogP) is 3.62. The number of aliphatic hydroxyl groups is 1. The number of nitrogens with zero attached hydrogens (tertiary/aromatic N) is 1. The van der Waals surface area contributed by atoms with Gasteiger partial charge in [0, 0.05) is 47.4 Å². The van der Waals surface area contributed by atoms with Gasteiger partial charge in [-0.2, -0.15) is 0 Å². The van der Waals surface area contributed by atoms with Gasteiger partial charge in [0.1, 0.15) is 28.2 Å². The van der Waals surface area contributed by atoms with Gasteiger partial charge in [0.2, 0.25) is 0 Å². The minimum atomic E-state index is -1.26. The van der Waals surface area contributed by atoms with E-state index in [4.69, 9.17) is 35.7 Å². The van der Waals surface area contributed by atoms with Gasteiger partial charge < -0.3 is 34.1 Å². The Hall–Kier alpha value is -3.86. The third-order valence-corrected chi connectivity index (χ3v) is 6.62. The van der Waals surface area contributed by atoms with Crippen LogP contribution >= 0.6 is 11.6 Å². The number of carboxylic acids is 2. The number of hydrogen-bond acceptors (Lipinski definition) is 8. The fourth-order valence-corrected chi connectivity index (χ4v) is 4.76. The van der Waals surface area contributed by atoms with E-state index in [0.29, 0.717) is 51.0 Å². The molecule has 202 valence electrons. The SMILES string of the molecule is COc1cc(OC)c2c(=O)cc(-c3ccccc3Cl)oc2c1C1CCN(C)C1CO.O=C(O)/C=C\C(=O)O. The molecule has 0 spiro atoms. The van der Waals surface area contributed by atoms with Crippen molar-refractivity contribution in [3.63, 3.8) is 0 Å². The van der Waals surface area contributed by atoms with Crippen molar-refractivity contribution in [2.24, 2.45) is 0 Å². The smallest absolute Gasteiger partial charge is 0.328 e. The van der Waals surface area contributed by atoms with E-state index in [2.05, 4.69) is 4.90 Å². The maximum absolute atomic E-state index is 13.2. The third-order valence-electron chi connectivity index (χ3n) is 6.30. The van der Waals surface area contributed by atoms with Gasteiger partial charge in [-0.15, -0.1) is 0 Å². The lowest BCUT2D eigenvalue weighted by atomic mass is 9.89. The minimum Gasteiger partial charge on any atom is -0.496 e. The molecule has 2 aromatic carbocycles. The van der Waals surface area contributed by atoms with Gasteiger partial charge in [-0.3, -0.25) is 4.79 Å². The molecule has 3 N–H and O–H groups in total. The maximum Gasteiger partial charge on any atom is 0.328 e. The lowest BCUT2D eigenvalue weighted by Crippen LogP contribution is -2.32. The number of carboxylic acid groups (broad SMARTS) is 2. The van der Waals surface area contributed by atoms with Crippen LogP contribution in [0, 0.1) is 0 Å². The van der Waals surface area contributed by atoms with Crippen LogP contribution in [0.15, 0.2) is 57.8 Å². The first-order chi connectivity index (χ1) is 18.1. The average molecular weight is 546 g/mol. The molecule has 0 bridgehead atoms. The molecule has 3 aromatic rings. The van der Waals surface area contributed by atoms with E-state index in [0.717, 1.165) is 18.5 Å². The fraction of sp³-hybridized carbons (Fsp3) is 0.296. The first kappa shape index (κ1) is 28.7. The molecule has 4 rings (SSSR count). The van der Waals surface area contributed by atoms with E-state index in [9.17, 15) is 19.5 Å². The number of benzene rings is 2. The number of aliphatic hydroxyl groups excluding tert-OH is 1. The van der Waals surface area contributed by atoms with Crippen LogP contribution in [0.5, 0.6) is 11.5 Å². The molecule has 0 amide bonds. The van der Waals surface area contributed by atoms with Gasteiger partial charge in [0.15, 0.2) is 5.43 Å². The zero-order valence-corrected chi connectivity index (χ0v) is 21.8. The van der Waals surface area contributed by atoms with Gasteiger partial charge in [-0.25, -0.2) is 9.59 Å². The van der Waals surface area contributed by atoms with Gasteiger partial charge >= 0.3 is 11.9 Å². The van der Waals surface area contributed by atoms with E-state index in [-0.39, 0.29) is 24.0 Å². The number of aliphatic carboxylic acids is 2. The van der Waals surface area contributed by atoms with Crippen LogP contribution < -0.4 is 14.9 Å². The second-order valence-electron chi connectivity index (χ2n) is 8.49. The highest BCUT2D eigenvalue weighted by Crippen LogP contribution is 2.45. The second-order valence-corrected chi connectivity index (χ2v) is 8.90. The van der Waals surface area contributed by atoms with E-state index >= 15 is 0 Å². The summed E-state index contributed by atoms with van der Waals surface area (Å²) >= 11 is 6.36. The van der Waals surface area contributed by atoms with Gasteiger partial charge in [0.25, 0.3) is 0 Å². The normalized spacial score (nSPS) is 17.3. The first-order valence-electron chi connectivity index (χ1n) is 11.6. The molecule has 11 heteroatoms. The molecular formula is C27H28ClNO9. The van der Waals surface area contributed by atoms with Crippen LogP contribution in [0.3, 0.4) is 0 Å². The molecule has 2 unspecified atom stereocenters. The molecule has 0 saturated carbocycles. The molecule has 2 heterocycles. The van der Waals surface area contributed by atoms with Crippen molar-refractivity contribution in [1.82, 2.24) is 4.90 Å². The Bertz CT molecular complexity index is 1400. The van der Waals surface area contributed by atoms with E-state index < -0.39 is 11.9 Å². The van der Waals surface area contributed by atoms with Crippen molar-refractivity contribution in [1.29, 1.82) is 0 Å². The number of likely N-dealkylation sites (tertiary alicyclic amines) is 1. The van der Waals surface area contributed by atoms with Crippen molar-refractivity contribution in [3.8, 4) is 22.8 Å². The lowest BCUT2D eigenvalue weighted by Gasteiger charge is -2.25. The lowest BCUT2D eigenvalue weighted by molar-refractivity contribution is -0.134. The molecule has 1 aliphatic rings. The number of hydrogen-bond donors (Lipinski definition) is 3. The molecule has 38 heavy (non-hydrogen) atoms. The molecule has 0 radical (unpaired) electrons. The average Bonchev–Trinajstić information content (AvgIpc) is 3.26. The van der Waals surface area contributed by atoms with Gasteiger partial charge in [-0.05, 0) is 32.1 Å². The summed E-state index contributed by atoms with van der Waals surface area (Å²) in [7, 11) is 5.06. The number of methoxy groups -OCH3 is 2. The Kier molecular flexibility index (Phi) is 9.51. The topological polar surface area (TPSA) is 147 Å². The summed E-state index contributed by atoms with van der Waals surface area (Å²) in [6.07, 6.45) is 1.92. The fourth-order valence-electron chi connectivity index (χ4n) is 4.53. The summed E-state index contributed by atoms with van der Waals surface area (Å²) in [6, 6.07) is 10.3. The predicted molar refractivity (Wildman–Crippen MR) is 141 cm³/mol. The van der Waals surface area contributed by atoms with E-state index in [1.165, 1.54) is 13.2 Å². The zero-order valence-electron chi connectivity index (χ0n) is 21.0. The quantitative estimate of drug-likeness (QED) is 0.376. The molecule has 1 fully saturated rings. The first-order valence-corrected chi connectivity index (χ1v) is 11.9. The van der Waals surface area contributed by atoms with Crippen molar-refractivity contribution in [2.75, 3.05) is 34.4 Å². The highest BCUT2D eigenvalue weighted by molar-refractivity contribution is 6.33. The Labute approximate surface area is 223 Å². The van der Waals surface area contributed by atoms with Crippen LogP contribution in [0.25, 0.3) is 22.3 Å². The molecule has 1 aliphatic heterocycles. The largest absolute Gasteiger partial charge is 0.496 e. The van der Waals surface area contributed by atoms with Crippen LogP contribution in [-0.4, -0.2) is 72.6 Å². The number of carbonyl (C=O) groups is 2. The Morgan fingerprint density at radius 2 is 1.74 bits per heavy atom. The monoisotopic (exact) mass is 545 g/mol. The standard InChI is InChI=1S/C23H24ClNO5.C4H4O4/c1-25-9-8-14(16(25)12-26)21-19(28-2)11-20(29-3)22-17(27)10-18(30-23(21)22)13-6-4-5-7-15(13)24;5-3(6)1-2-4(7)8/h4-7,10-11,14,16,26H,8-9,12H2,1-3H3;1-2H,(H,5,6)(H,7,8)/b;2-1-. The van der Waals surface area contributed by atoms with Crippen molar-refractivity contribution in [2.45, 2.75) is 18.4 Å². The number of likely N-dealkylation sites (N-methyl/N-ethyl adjacent to an activating group) is 1. The summed E-state index contributed by atoms with van der Waals surface area (Å²) < 4.78 is 17.5. The van der Waals surface area contributed by atoms with Crippen molar-refractivity contribution >= 4 is 34.5 Å². The van der Waals surface area contributed by atoms with Gasteiger partial charge in [0.05, 0.1) is 25.8 Å². The molecular weight excluding hydrogens is 518 g/mol. The maximum atomic E-state index is 13.2. The Morgan fingerprint density at radius 1 is 1.11 bits per heavy atom. The van der Waals surface area contributed by atoms with E-state index in [1.54, 1.807) is 19.2 Å². The molecule has 10 nitrogen and oxygen atoms in total. The minimum absolute atomic E-state index is 0.00766. The Morgan fingerprint density at radius 3 is 2.29 bits per heavy atom. The van der Waals surface area contributed by atoms with E-state index in [1.807, 2.05) is 25.2 Å².